The Morgan fingerprint density at radius 3 is 2.43 bits per heavy atom. The van der Waals surface area contributed by atoms with Gasteiger partial charge in [0.25, 0.3) is 0 Å². The maximum absolute atomic E-state index is 15.1. The Hall–Kier alpha value is -3.91. The van der Waals surface area contributed by atoms with Crippen LogP contribution in [0.15, 0.2) is 67.0 Å². The fourth-order valence-corrected chi connectivity index (χ4v) is 4.63. The standard InChI is InChI=1S/C27H29FN6O/c1-18(2)32-13-15-33(16-14-32)25-9-7-21(17-22(25)28)31-23-8-10-24(34-12-11-30-27(23)34)19-3-5-20(6-4-19)26(29)35/h3-12,17-18,31H,13-16H2,1-2H3,(H2,29,35). The van der Waals surface area contributed by atoms with E-state index in [0.29, 0.717) is 23.0 Å². The van der Waals surface area contributed by atoms with Gasteiger partial charge in [-0.15, -0.1) is 0 Å². The van der Waals surface area contributed by atoms with E-state index in [9.17, 15) is 4.79 Å². The third-order valence-corrected chi connectivity index (χ3v) is 6.63. The molecule has 0 spiro atoms. The molecule has 180 valence electrons. The number of anilines is 3. The third-order valence-electron chi connectivity index (χ3n) is 6.63. The molecule has 3 N–H and O–H groups in total. The van der Waals surface area contributed by atoms with Gasteiger partial charge < -0.3 is 16.0 Å². The number of fused-ring (bicyclic) bond motifs is 1. The van der Waals surface area contributed by atoms with Gasteiger partial charge in [-0.2, -0.15) is 0 Å². The van der Waals surface area contributed by atoms with Gasteiger partial charge in [0.1, 0.15) is 5.82 Å². The van der Waals surface area contributed by atoms with Gasteiger partial charge in [-0.25, -0.2) is 9.37 Å². The lowest BCUT2D eigenvalue weighted by Gasteiger charge is -2.38. The molecule has 35 heavy (non-hydrogen) atoms. The van der Waals surface area contributed by atoms with Crippen LogP contribution in [-0.4, -0.2) is 52.4 Å². The van der Waals surface area contributed by atoms with E-state index >= 15 is 4.39 Å². The smallest absolute Gasteiger partial charge is 0.248 e. The molecule has 7 nitrogen and oxygen atoms in total. The third kappa shape index (κ3) is 4.57. The summed E-state index contributed by atoms with van der Waals surface area (Å²) in [5.41, 5.74) is 10.4. The summed E-state index contributed by atoms with van der Waals surface area (Å²) in [4.78, 5) is 20.4. The highest BCUT2D eigenvalue weighted by Crippen LogP contribution is 2.30. The summed E-state index contributed by atoms with van der Waals surface area (Å²) < 4.78 is 17.0. The van der Waals surface area contributed by atoms with Crippen LogP contribution in [0.1, 0.15) is 24.2 Å². The first kappa shape index (κ1) is 22.9. The first-order valence-corrected chi connectivity index (χ1v) is 11.8. The molecule has 4 aromatic rings. The fraction of sp³-hybridized carbons (Fsp3) is 0.259. The summed E-state index contributed by atoms with van der Waals surface area (Å²) in [5, 5.41) is 3.32. The van der Waals surface area contributed by atoms with E-state index in [1.54, 1.807) is 24.4 Å². The molecule has 8 heteroatoms. The Balaban J connectivity index is 1.37. The van der Waals surface area contributed by atoms with E-state index in [1.165, 1.54) is 0 Å². The number of benzene rings is 2. The topological polar surface area (TPSA) is 78.9 Å². The number of hydrogen-bond donors (Lipinski definition) is 2. The zero-order valence-electron chi connectivity index (χ0n) is 19.9. The maximum Gasteiger partial charge on any atom is 0.248 e. The number of imidazole rings is 1. The average molecular weight is 473 g/mol. The molecular weight excluding hydrogens is 443 g/mol. The van der Waals surface area contributed by atoms with Crippen LogP contribution in [0.5, 0.6) is 0 Å². The first-order chi connectivity index (χ1) is 16.9. The second-order valence-corrected chi connectivity index (χ2v) is 9.10. The van der Waals surface area contributed by atoms with Crippen LogP contribution in [-0.2, 0) is 0 Å². The molecule has 1 saturated heterocycles. The van der Waals surface area contributed by atoms with Crippen molar-refractivity contribution in [3.8, 4) is 11.3 Å². The molecule has 0 bridgehead atoms. The number of primary amides is 1. The van der Waals surface area contributed by atoms with Crippen molar-refractivity contribution in [3.05, 3.63) is 78.4 Å². The number of nitrogens with two attached hydrogens (primary N) is 1. The SMILES string of the molecule is CC(C)N1CCN(c2ccc(Nc3ccc(-c4ccc(C(N)=O)cc4)n4ccnc34)cc2F)CC1. The molecule has 0 saturated carbocycles. The number of halogens is 1. The molecule has 0 unspecified atom stereocenters. The number of piperazine rings is 1. The quantitative estimate of drug-likeness (QED) is 0.432. The predicted octanol–water partition coefficient (Wildman–Crippen LogP) is 4.51. The highest BCUT2D eigenvalue weighted by Gasteiger charge is 2.21. The van der Waals surface area contributed by atoms with Gasteiger partial charge >= 0.3 is 0 Å². The van der Waals surface area contributed by atoms with Crippen LogP contribution >= 0.6 is 0 Å². The molecule has 0 radical (unpaired) electrons. The van der Waals surface area contributed by atoms with Gasteiger partial charge in [-0.3, -0.25) is 14.1 Å². The van der Waals surface area contributed by atoms with Gasteiger partial charge in [-0.05, 0) is 61.9 Å². The van der Waals surface area contributed by atoms with Crippen molar-refractivity contribution in [2.45, 2.75) is 19.9 Å². The van der Waals surface area contributed by atoms with E-state index in [-0.39, 0.29) is 5.82 Å². The normalized spacial score (nSPS) is 14.6. The maximum atomic E-state index is 15.1. The van der Waals surface area contributed by atoms with Crippen molar-refractivity contribution in [2.75, 3.05) is 36.4 Å². The molecule has 1 aliphatic heterocycles. The summed E-state index contributed by atoms with van der Waals surface area (Å²) in [6.07, 6.45) is 3.60. The Morgan fingerprint density at radius 1 is 1.03 bits per heavy atom. The van der Waals surface area contributed by atoms with E-state index in [4.69, 9.17) is 5.73 Å². The first-order valence-electron chi connectivity index (χ1n) is 11.8. The van der Waals surface area contributed by atoms with Crippen LogP contribution in [0.3, 0.4) is 0 Å². The summed E-state index contributed by atoms with van der Waals surface area (Å²) in [6, 6.07) is 16.8. The largest absolute Gasteiger partial charge is 0.367 e. The van der Waals surface area contributed by atoms with Crippen molar-refractivity contribution in [1.82, 2.24) is 14.3 Å². The predicted molar refractivity (Wildman–Crippen MR) is 138 cm³/mol. The van der Waals surface area contributed by atoms with Crippen LogP contribution in [0.25, 0.3) is 16.9 Å². The number of carbonyl (C=O) groups excluding carboxylic acids is 1. The average Bonchev–Trinajstić information content (AvgIpc) is 3.35. The number of aromatic nitrogens is 2. The van der Waals surface area contributed by atoms with Gasteiger partial charge in [0.2, 0.25) is 5.91 Å². The molecule has 5 rings (SSSR count). The van der Waals surface area contributed by atoms with E-state index in [2.05, 4.69) is 33.9 Å². The van der Waals surface area contributed by atoms with Crippen LogP contribution in [0, 0.1) is 5.82 Å². The molecule has 3 heterocycles. The minimum Gasteiger partial charge on any atom is -0.367 e. The number of hydrogen-bond acceptors (Lipinski definition) is 5. The number of amides is 1. The molecule has 2 aromatic carbocycles. The summed E-state index contributed by atoms with van der Waals surface area (Å²) >= 11 is 0. The van der Waals surface area contributed by atoms with Gasteiger partial charge in [-0.1, -0.05) is 12.1 Å². The fourth-order valence-electron chi connectivity index (χ4n) is 4.63. The van der Waals surface area contributed by atoms with E-state index in [0.717, 1.165) is 48.8 Å². The highest BCUT2D eigenvalue weighted by molar-refractivity contribution is 5.93. The Bertz CT molecular complexity index is 1360. The zero-order chi connectivity index (χ0) is 24.5. The lowest BCUT2D eigenvalue weighted by atomic mass is 10.1. The minimum atomic E-state index is -0.458. The van der Waals surface area contributed by atoms with Crippen molar-refractivity contribution >= 4 is 28.6 Å². The second kappa shape index (κ2) is 9.38. The molecule has 1 amide bonds. The van der Waals surface area contributed by atoms with Gasteiger partial charge in [0.05, 0.1) is 17.1 Å². The Labute approximate surface area is 204 Å². The molecular formula is C27H29FN6O. The number of nitrogens with one attached hydrogen (secondary N) is 1. The number of nitrogens with zero attached hydrogens (tertiary/aromatic N) is 4. The highest BCUT2D eigenvalue weighted by atomic mass is 19.1. The minimum absolute atomic E-state index is 0.237. The van der Waals surface area contributed by atoms with E-state index < -0.39 is 5.91 Å². The van der Waals surface area contributed by atoms with Crippen molar-refractivity contribution in [1.29, 1.82) is 0 Å². The summed E-state index contributed by atoms with van der Waals surface area (Å²) in [6.45, 7) is 7.90. The molecule has 0 atom stereocenters. The van der Waals surface area contributed by atoms with E-state index in [1.807, 2.05) is 47.0 Å². The molecule has 1 fully saturated rings. The van der Waals surface area contributed by atoms with Crippen LogP contribution in [0.4, 0.5) is 21.5 Å². The Kier molecular flexibility index (Phi) is 6.13. The van der Waals surface area contributed by atoms with Crippen molar-refractivity contribution < 1.29 is 9.18 Å². The zero-order valence-corrected chi connectivity index (χ0v) is 19.9. The molecule has 2 aromatic heterocycles. The summed E-state index contributed by atoms with van der Waals surface area (Å²) in [5.74, 6) is -0.696. The van der Waals surface area contributed by atoms with Crippen molar-refractivity contribution in [3.63, 3.8) is 0 Å². The van der Waals surface area contributed by atoms with Gasteiger partial charge in [0, 0.05) is 55.9 Å². The number of carbonyl (C=O) groups is 1. The lowest BCUT2D eigenvalue weighted by molar-refractivity contribution is 0.100. The second-order valence-electron chi connectivity index (χ2n) is 9.10. The molecule has 1 aliphatic rings. The number of rotatable bonds is 6. The van der Waals surface area contributed by atoms with Gasteiger partial charge in [0.15, 0.2) is 5.65 Å². The van der Waals surface area contributed by atoms with Crippen LogP contribution < -0.4 is 16.0 Å². The summed E-state index contributed by atoms with van der Waals surface area (Å²) in [7, 11) is 0. The molecule has 0 aliphatic carbocycles. The monoisotopic (exact) mass is 472 g/mol. The Morgan fingerprint density at radius 2 is 1.77 bits per heavy atom. The number of pyridine rings is 1. The lowest BCUT2D eigenvalue weighted by Crippen LogP contribution is -2.49. The van der Waals surface area contributed by atoms with Crippen molar-refractivity contribution in [2.24, 2.45) is 5.73 Å². The van der Waals surface area contributed by atoms with Crippen LogP contribution in [0.2, 0.25) is 0 Å².